The van der Waals surface area contributed by atoms with Gasteiger partial charge in [0.05, 0.1) is 18.3 Å². The van der Waals surface area contributed by atoms with E-state index in [-0.39, 0.29) is 0 Å². The van der Waals surface area contributed by atoms with Crippen LogP contribution < -0.4 is 9.47 Å². The van der Waals surface area contributed by atoms with Crippen LogP contribution in [0.25, 0.3) is 11.3 Å². The molecular weight excluding hydrogens is 294 g/mol. The largest absolute Gasteiger partial charge is 0.497 e. The van der Waals surface area contributed by atoms with Crippen molar-refractivity contribution in [3.63, 3.8) is 0 Å². The number of hydrogen-bond donors (Lipinski definition) is 0. The van der Waals surface area contributed by atoms with Gasteiger partial charge in [-0.05, 0) is 61.4 Å². The summed E-state index contributed by atoms with van der Waals surface area (Å²) in [7, 11) is 1.65. The molecule has 0 aliphatic carbocycles. The molecule has 0 bridgehead atoms. The van der Waals surface area contributed by atoms with Crippen LogP contribution in [0.2, 0.25) is 0 Å². The van der Waals surface area contributed by atoms with Gasteiger partial charge in [-0.1, -0.05) is 0 Å². The molecule has 4 heteroatoms. The molecule has 0 amide bonds. The predicted octanol–water partition coefficient (Wildman–Crippen LogP) is 5.23. The Hall–Kier alpha value is -2.33. The fraction of sp³-hybridized carbons (Fsp3) is 0.167. The van der Waals surface area contributed by atoms with Gasteiger partial charge in [0.15, 0.2) is 0 Å². The van der Waals surface area contributed by atoms with E-state index in [0.29, 0.717) is 0 Å². The van der Waals surface area contributed by atoms with Gasteiger partial charge in [-0.3, -0.25) is 0 Å². The fourth-order valence-corrected chi connectivity index (χ4v) is 3.05. The first-order valence-corrected chi connectivity index (χ1v) is 7.93. The molecule has 0 radical (unpaired) electrons. The molecule has 112 valence electrons. The third-order valence-corrected chi connectivity index (χ3v) is 4.08. The third-order valence-electron chi connectivity index (χ3n) is 3.49. The zero-order valence-corrected chi connectivity index (χ0v) is 13.6. The van der Waals surface area contributed by atoms with E-state index in [2.05, 4.69) is 24.2 Å². The Morgan fingerprint density at radius 3 is 2.09 bits per heavy atom. The second-order valence-electron chi connectivity index (χ2n) is 5.08. The maximum atomic E-state index is 5.94. The molecule has 0 N–H and O–H groups in total. The number of thiazole rings is 1. The highest BCUT2D eigenvalue weighted by atomic mass is 32.1. The van der Waals surface area contributed by atoms with E-state index in [1.165, 1.54) is 5.56 Å². The van der Waals surface area contributed by atoms with Crippen LogP contribution in [-0.4, -0.2) is 12.1 Å². The maximum Gasteiger partial charge on any atom is 0.128 e. The van der Waals surface area contributed by atoms with Gasteiger partial charge in [-0.2, -0.15) is 0 Å². The lowest BCUT2D eigenvalue weighted by Gasteiger charge is -2.12. The maximum absolute atomic E-state index is 5.94. The average molecular weight is 311 g/mol. The third kappa shape index (κ3) is 2.97. The number of hydrogen-bond acceptors (Lipinski definition) is 4. The molecule has 22 heavy (non-hydrogen) atoms. The Labute approximate surface area is 134 Å². The number of benzene rings is 2. The molecule has 3 aromatic rings. The molecule has 3 rings (SSSR count). The van der Waals surface area contributed by atoms with E-state index in [1.54, 1.807) is 18.4 Å². The summed E-state index contributed by atoms with van der Waals surface area (Å²) in [6.07, 6.45) is 0. The smallest absolute Gasteiger partial charge is 0.128 e. The van der Waals surface area contributed by atoms with Crippen molar-refractivity contribution in [2.45, 2.75) is 13.8 Å². The monoisotopic (exact) mass is 311 g/mol. The lowest BCUT2D eigenvalue weighted by molar-refractivity contribution is 0.413. The molecule has 0 fully saturated rings. The second kappa shape index (κ2) is 6.20. The summed E-state index contributed by atoms with van der Waals surface area (Å²) < 4.78 is 11.1. The molecule has 0 saturated heterocycles. The number of aromatic nitrogens is 1. The van der Waals surface area contributed by atoms with Crippen molar-refractivity contribution in [3.05, 3.63) is 58.4 Å². The SMILES string of the molecule is COc1ccc(Oc2cc(C)c(-c3cscn3)c(C)c2)cc1. The predicted molar refractivity (Wildman–Crippen MR) is 90.1 cm³/mol. The highest BCUT2D eigenvalue weighted by Gasteiger charge is 2.10. The Morgan fingerprint density at radius 1 is 0.909 bits per heavy atom. The number of nitrogens with zero attached hydrogens (tertiary/aromatic N) is 1. The molecule has 1 heterocycles. The standard InChI is InChI=1S/C18H17NO2S/c1-12-8-16(21-15-6-4-14(20-3)5-7-15)9-13(2)18(12)17-10-22-11-19-17/h4-11H,1-3H3. The van der Waals surface area contributed by atoms with Crippen LogP contribution >= 0.6 is 11.3 Å². The summed E-state index contributed by atoms with van der Waals surface area (Å²) in [5.74, 6) is 2.44. The first-order chi connectivity index (χ1) is 10.7. The Balaban J connectivity index is 1.89. The van der Waals surface area contributed by atoms with Gasteiger partial charge in [0, 0.05) is 10.9 Å². The van der Waals surface area contributed by atoms with E-state index in [4.69, 9.17) is 9.47 Å². The van der Waals surface area contributed by atoms with Gasteiger partial charge in [0.25, 0.3) is 0 Å². The van der Waals surface area contributed by atoms with E-state index in [0.717, 1.165) is 34.1 Å². The Morgan fingerprint density at radius 2 is 1.55 bits per heavy atom. The lowest BCUT2D eigenvalue weighted by Crippen LogP contribution is -1.92. The van der Waals surface area contributed by atoms with Gasteiger partial charge in [-0.15, -0.1) is 11.3 Å². The van der Waals surface area contributed by atoms with Crippen molar-refractivity contribution in [3.8, 4) is 28.5 Å². The summed E-state index contributed by atoms with van der Waals surface area (Å²) in [6, 6.07) is 11.7. The minimum atomic E-state index is 0.793. The van der Waals surface area contributed by atoms with Crippen molar-refractivity contribution in [1.29, 1.82) is 0 Å². The van der Waals surface area contributed by atoms with Gasteiger partial charge in [0.2, 0.25) is 0 Å². The quantitative estimate of drug-likeness (QED) is 0.661. The first kappa shape index (κ1) is 14.6. The molecule has 0 aliphatic heterocycles. The average Bonchev–Trinajstić information content (AvgIpc) is 3.01. The molecule has 0 saturated carbocycles. The summed E-state index contributed by atoms with van der Waals surface area (Å²) >= 11 is 1.61. The number of methoxy groups -OCH3 is 1. The Bertz CT molecular complexity index is 741. The van der Waals surface area contributed by atoms with Crippen LogP contribution in [0.5, 0.6) is 17.2 Å². The second-order valence-corrected chi connectivity index (χ2v) is 5.80. The van der Waals surface area contributed by atoms with Crippen molar-refractivity contribution >= 4 is 11.3 Å². The minimum absolute atomic E-state index is 0.793. The summed E-state index contributed by atoms with van der Waals surface area (Å²) in [5.41, 5.74) is 6.39. The fourth-order valence-electron chi connectivity index (χ4n) is 2.50. The van der Waals surface area contributed by atoms with Gasteiger partial charge in [0.1, 0.15) is 17.2 Å². The van der Waals surface area contributed by atoms with Gasteiger partial charge >= 0.3 is 0 Å². The molecule has 0 spiro atoms. The molecule has 0 atom stereocenters. The molecule has 3 nitrogen and oxygen atoms in total. The zero-order valence-electron chi connectivity index (χ0n) is 12.8. The highest BCUT2D eigenvalue weighted by molar-refractivity contribution is 7.07. The van der Waals surface area contributed by atoms with Crippen LogP contribution in [0.15, 0.2) is 47.3 Å². The van der Waals surface area contributed by atoms with Crippen LogP contribution in [-0.2, 0) is 0 Å². The van der Waals surface area contributed by atoms with Gasteiger partial charge in [-0.25, -0.2) is 4.98 Å². The van der Waals surface area contributed by atoms with E-state index in [9.17, 15) is 0 Å². The summed E-state index contributed by atoms with van der Waals surface area (Å²) in [5, 5.41) is 2.07. The van der Waals surface area contributed by atoms with Crippen molar-refractivity contribution < 1.29 is 9.47 Å². The van der Waals surface area contributed by atoms with Crippen LogP contribution in [0.4, 0.5) is 0 Å². The van der Waals surface area contributed by atoms with Gasteiger partial charge < -0.3 is 9.47 Å². The topological polar surface area (TPSA) is 31.4 Å². The number of ether oxygens (including phenoxy) is 2. The highest BCUT2D eigenvalue weighted by Crippen LogP contribution is 2.32. The van der Waals surface area contributed by atoms with Crippen LogP contribution in [0.1, 0.15) is 11.1 Å². The molecule has 0 aliphatic rings. The lowest BCUT2D eigenvalue weighted by atomic mass is 10.0. The molecule has 2 aromatic carbocycles. The molecule has 1 aromatic heterocycles. The summed E-state index contributed by atoms with van der Waals surface area (Å²) in [6.45, 7) is 4.17. The zero-order chi connectivity index (χ0) is 15.5. The van der Waals surface area contributed by atoms with Crippen molar-refractivity contribution in [2.24, 2.45) is 0 Å². The molecular formula is C18H17NO2S. The summed E-state index contributed by atoms with van der Waals surface area (Å²) in [4.78, 5) is 4.40. The number of aryl methyl sites for hydroxylation is 2. The van der Waals surface area contributed by atoms with E-state index >= 15 is 0 Å². The van der Waals surface area contributed by atoms with Crippen LogP contribution in [0, 0.1) is 13.8 Å². The minimum Gasteiger partial charge on any atom is -0.497 e. The van der Waals surface area contributed by atoms with Crippen molar-refractivity contribution in [1.82, 2.24) is 4.98 Å². The van der Waals surface area contributed by atoms with E-state index in [1.807, 2.05) is 41.9 Å². The molecule has 0 unspecified atom stereocenters. The van der Waals surface area contributed by atoms with Crippen LogP contribution in [0.3, 0.4) is 0 Å². The Kier molecular flexibility index (Phi) is 4.11. The normalized spacial score (nSPS) is 10.5. The first-order valence-electron chi connectivity index (χ1n) is 6.99. The number of rotatable bonds is 4. The van der Waals surface area contributed by atoms with Crippen molar-refractivity contribution in [2.75, 3.05) is 7.11 Å². The van der Waals surface area contributed by atoms with E-state index < -0.39 is 0 Å².